The first kappa shape index (κ1) is 19.3. The van der Waals surface area contributed by atoms with Crippen LogP contribution >= 0.6 is 0 Å². The molecule has 0 aliphatic carbocycles. The summed E-state index contributed by atoms with van der Waals surface area (Å²) in [4.78, 5) is 23.8. The zero-order valence-electron chi connectivity index (χ0n) is 14.6. The Balaban J connectivity index is 1.47. The number of ether oxygens (including phenoxy) is 3. The molecule has 0 atom stereocenters. The van der Waals surface area contributed by atoms with Crippen LogP contribution in [-0.2, 0) is 9.53 Å². The Morgan fingerprint density at radius 1 is 0.821 bits per heavy atom. The minimum atomic E-state index is -2.94. The van der Waals surface area contributed by atoms with Crippen molar-refractivity contribution in [2.45, 2.75) is 6.61 Å². The van der Waals surface area contributed by atoms with Crippen molar-refractivity contribution in [1.29, 1.82) is 0 Å². The van der Waals surface area contributed by atoms with Gasteiger partial charge in [-0.05, 0) is 47.2 Å². The van der Waals surface area contributed by atoms with E-state index in [1.54, 1.807) is 12.1 Å². The molecule has 0 radical (unpaired) electrons. The molecule has 0 fully saturated rings. The lowest BCUT2D eigenvalue weighted by Crippen LogP contribution is -2.19. The molecule has 0 amide bonds. The summed E-state index contributed by atoms with van der Waals surface area (Å²) in [5.74, 6) is -0.717. The molecule has 0 heterocycles. The van der Waals surface area contributed by atoms with Gasteiger partial charge in [0.2, 0.25) is 0 Å². The number of benzene rings is 3. The van der Waals surface area contributed by atoms with E-state index in [2.05, 4.69) is 4.74 Å². The van der Waals surface area contributed by atoms with E-state index in [1.807, 2.05) is 30.3 Å². The zero-order chi connectivity index (χ0) is 19.9. The Hall–Kier alpha value is -3.48. The molecular formula is C21H16F2O5. The fraction of sp³-hybridized carbons (Fsp3) is 0.143. The second-order valence-corrected chi connectivity index (χ2v) is 5.78. The van der Waals surface area contributed by atoms with Crippen molar-refractivity contribution in [3.8, 4) is 11.5 Å². The fourth-order valence-electron chi connectivity index (χ4n) is 2.49. The lowest BCUT2D eigenvalue weighted by Gasteiger charge is -2.08. The molecule has 3 aromatic carbocycles. The van der Waals surface area contributed by atoms with Crippen LogP contribution in [0.3, 0.4) is 0 Å². The van der Waals surface area contributed by atoms with Crippen molar-refractivity contribution in [1.82, 2.24) is 0 Å². The molecular weight excluding hydrogens is 370 g/mol. The maximum absolute atomic E-state index is 12.1. The Morgan fingerprint density at radius 2 is 1.50 bits per heavy atom. The molecule has 0 saturated carbocycles. The quantitative estimate of drug-likeness (QED) is 0.428. The standard InChI is InChI=1S/C21H16F2O5/c22-21(23)28-17-8-6-15(7-9-17)19(24)12-27-20(25)13-26-18-10-5-14-3-1-2-4-16(14)11-18/h1-11,21H,12-13H2. The topological polar surface area (TPSA) is 61.8 Å². The molecule has 0 saturated heterocycles. The van der Waals surface area contributed by atoms with Crippen LogP contribution in [0, 0.1) is 0 Å². The van der Waals surface area contributed by atoms with Gasteiger partial charge in [-0.15, -0.1) is 0 Å². The first-order valence-electron chi connectivity index (χ1n) is 8.36. The Bertz CT molecular complexity index is 970. The van der Waals surface area contributed by atoms with E-state index in [-0.39, 0.29) is 17.9 Å². The average Bonchev–Trinajstić information content (AvgIpc) is 2.70. The molecule has 0 N–H and O–H groups in total. The molecule has 3 rings (SSSR count). The van der Waals surface area contributed by atoms with Crippen LogP contribution in [0.5, 0.6) is 11.5 Å². The summed E-state index contributed by atoms with van der Waals surface area (Å²) in [5.41, 5.74) is 0.213. The molecule has 0 bridgehead atoms. The van der Waals surface area contributed by atoms with E-state index >= 15 is 0 Å². The number of carbonyl (C=O) groups excluding carboxylic acids is 2. The lowest BCUT2D eigenvalue weighted by atomic mass is 10.1. The molecule has 7 heteroatoms. The van der Waals surface area contributed by atoms with Crippen molar-refractivity contribution < 1.29 is 32.6 Å². The maximum Gasteiger partial charge on any atom is 0.387 e. The maximum atomic E-state index is 12.1. The number of hydrogen-bond acceptors (Lipinski definition) is 5. The van der Waals surface area contributed by atoms with Crippen molar-refractivity contribution >= 4 is 22.5 Å². The molecule has 0 unspecified atom stereocenters. The summed E-state index contributed by atoms with van der Waals surface area (Å²) in [6.07, 6.45) is 0. The number of hydrogen-bond donors (Lipinski definition) is 0. The molecule has 28 heavy (non-hydrogen) atoms. The van der Waals surface area contributed by atoms with Crippen LogP contribution in [0.15, 0.2) is 66.7 Å². The van der Waals surface area contributed by atoms with E-state index in [0.717, 1.165) is 10.8 Å². The van der Waals surface area contributed by atoms with Crippen LogP contribution < -0.4 is 9.47 Å². The van der Waals surface area contributed by atoms with Gasteiger partial charge in [0.15, 0.2) is 19.0 Å². The first-order chi connectivity index (χ1) is 13.5. The van der Waals surface area contributed by atoms with Crippen LogP contribution in [0.2, 0.25) is 0 Å². The minimum absolute atomic E-state index is 0.0627. The summed E-state index contributed by atoms with van der Waals surface area (Å²) in [5, 5.41) is 2.02. The number of esters is 1. The third-order valence-corrected chi connectivity index (χ3v) is 3.84. The molecule has 5 nitrogen and oxygen atoms in total. The van der Waals surface area contributed by atoms with Crippen molar-refractivity contribution in [2.24, 2.45) is 0 Å². The third kappa shape index (κ3) is 5.26. The zero-order valence-corrected chi connectivity index (χ0v) is 14.6. The third-order valence-electron chi connectivity index (χ3n) is 3.84. The summed E-state index contributed by atoms with van der Waals surface area (Å²) in [6, 6.07) is 18.3. The minimum Gasteiger partial charge on any atom is -0.482 e. The fourth-order valence-corrected chi connectivity index (χ4v) is 2.49. The predicted octanol–water partition coefficient (Wildman–Crippen LogP) is 4.25. The number of halogens is 2. The van der Waals surface area contributed by atoms with Crippen LogP contribution in [-0.4, -0.2) is 31.6 Å². The van der Waals surface area contributed by atoms with Gasteiger partial charge in [0.1, 0.15) is 11.5 Å². The SMILES string of the molecule is O=C(COc1ccc2ccccc2c1)OCC(=O)c1ccc(OC(F)F)cc1. The molecule has 0 aromatic heterocycles. The predicted molar refractivity (Wildman–Crippen MR) is 97.8 cm³/mol. The van der Waals surface area contributed by atoms with Gasteiger partial charge in [0, 0.05) is 5.56 Å². The van der Waals surface area contributed by atoms with E-state index in [1.165, 1.54) is 24.3 Å². The van der Waals surface area contributed by atoms with Gasteiger partial charge in [-0.1, -0.05) is 30.3 Å². The smallest absolute Gasteiger partial charge is 0.387 e. The van der Waals surface area contributed by atoms with Gasteiger partial charge >= 0.3 is 12.6 Å². The Labute approximate surface area is 159 Å². The monoisotopic (exact) mass is 386 g/mol. The van der Waals surface area contributed by atoms with Gasteiger partial charge in [-0.25, -0.2) is 4.79 Å². The summed E-state index contributed by atoms with van der Waals surface area (Å²) < 4.78 is 38.7. The second-order valence-electron chi connectivity index (χ2n) is 5.78. The van der Waals surface area contributed by atoms with Crippen LogP contribution in [0.1, 0.15) is 10.4 Å². The number of fused-ring (bicyclic) bond motifs is 1. The Kier molecular flexibility index (Phi) is 6.16. The average molecular weight is 386 g/mol. The van der Waals surface area contributed by atoms with Gasteiger partial charge in [-0.2, -0.15) is 8.78 Å². The van der Waals surface area contributed by atoms with Crippen molar-refractivity contribution in [3.05, 3.63) is 72.3 Å². The van der Waals surface area contributed by atoms with Crippen molar-refractivity contribution in [3.63, 3.8) is 0 Å². The molecule has 144 valence electrons. The number of carbonyl (C=O) groups is 2. The lowest BCUT2D eigenvalue weighted by molar-refractivity contribution is -0.144. The second kappa shape index (κ2) is 8.94. The van der Waals surface area contributed by atoms with Crippen molar-refractivity contribution in [2.75, 3.05) is 13.2 Å². The van der Waals surface area contributed by atoms with Gasteiger partial charge in [0.05, 0.1) is 0 Å². The highest BCUT2D eigenvalue weighted by Crippen LogP contribution is 2.20. The molecule has 0 aliphatic rings. The first-order valence-corrected chi connectivity index (χ1v) is 8.36. The summed E-state index contributed by atoms with van der Waals surface area (Å²) in [7, 11) is 0. The molecule has 0 aliphatic heterocycles. The van der Waals surface area contributed by atoms with E-state index in [9.17, 15) is 18.4 Å². The number of alkyl halides is 2. The highest BCUT2D eigenvalue weighted by Gasteiger charge is 2.12. The van der Waals surface area contributed by atoms with Gasteiger partial charge < -0.3 is 14.2 Å². The van der Waals surface area contributed by atoms with Crippen LogP contribution in [0.4, 0.5) is 8.78 Å². The highest BCUT2D eigenvalue weighted by atomic mass is 19.3. The highest BCUT2D eigenvalue weighted by molar-refractivity contribution is 5.98. The number of Topliss-reactive ketones (excluding diaryl/α,β-unsaturated/α-hetero) is 1. The Morgan fingerprint density at radius 3 is 2.21 bits per heavy atom. The van der Waals surface area contributed by atoms with E-state index in [0.29, 0.717) is 5.75 Å². The normalized spacial score (nSPS) is 10.7. The summed E-state index contributed by atoms with van der Waals surface area (Å²) >= 11 is 0. The van der Waals surface area contributed by atoms with Gasteiger partial charge in [0.25, 0.3) is 0 Å². The number of rotatable bonds is 8. The molecule has 0 spiro atoms. The number of ketones is 1. The largest absolute Gasteiger partial charge is 0.482 e. The van der Waals surface area contributed by atoms with E-state index in [4.69, 9.17) is 9.47 Å². The summed E-state index contributed by atoms with van der Waals surface area (Å²) in [6.45, 7) is -3.76. The van der Waals surface area contributed by atoms with Gasteiger partial charge in [-0.3, -0.25) is 4.79 Å². The van der Waals surface area contributed by atoms with E-state index < -0.39 is 25.0 Å². The molecule has 3 aromatic rings. The van der Waals surface area contributed by atoms with Crippen LogP contribution in [0.25, 0.3) is 10.8 Å².